The van der Waals surface area contributed by atoms with Crippen LogP contribution in [0, 0.1) is 17.8 Å². The zero-order chi connectivity index (χ0) is 17.3. The van der Waals surface area contributed by atoms with Gasteiger partial charge in [0.05, 0.1) is 18.2 Å². The van der Waals surface area contributed by atoms with Gasteiger partial charge in [-0.2, -0.15) is 0 Å². The summed E-state index contributed by atoms with van der Waals surface area (Å²) in [5.41, 5.74) is 0. The molecule has 3 heterocycles. The molecule has 3 rings (SSSR count). The number of ether oxygens (including phenoxy) is 1. The minimum absolute atomic E-state index is 0. The summed E-state index contributed by atoms with van der Waals surface area (Å²) >= 11 is 0. The summed E-state index contributed by atoms with van der Waals surface area (Å²) in [6.07, 6.45) is 2.73. The number of amides is 1. The molecule has 1 N–H and O–H groups in total. The molecule has 0 aliphatic carbocycles. The fourth-order valence-electron chi connectivity index (χ4n) is 4.93. The molecule has 0 bridgehead atoms. The third kappa shape index (κ3) is 5.48. The van der Waals surface area contributed by atoms with Crippen LogP contribution in [-0.2, 0) is 9.53 Å². The van der Waals surface area contributed by atoms with E-state index in [0.717, 1.165) is 63.9 Å². The van der Waals surface area contributed by atoms with Crippen molar-refractivity contribution in [2.75, 3.05) is 39.3 Å². The number of halogens is 2. The number of fused-ring (bicyclic) bond motifs is 1. The van der Waals surface area contributed by atoms with E-state index in [-0.39, 0.29) is 43.1 Å². The lowest BCUT2D eigenvalue weighted by Crippen LogP contribution is -2.57. The third-order valence-electron chi connectivity index (χ3n) is 6.06. The molecule has 1 amide bonds. The zero-order valence-corrected chi connectivity index (χ0v) is 18.3. The summed E-state index contributed by atoms with van der Waals surface area (Å²) < 4.78 is 5.87. The van der Waals surface area contributed by atoms with Crippen molar-refractivity contribution in [1.82, 2.24) is 15.1 Å². The highest BCUT2D eigenvalue weighted by Crippen LogP contribution is 2.28. The van der Waals surface area contributed by atoms with Gasteiger partial charge < -0.3 is 15.0 Å². The van der Waals surface area contributed by atoms with Gasteiger partial charge in [0, 0.05) is 26.2 Å². The number of carbonyl (C=O) groups excluding carboxylic acids is 1. The van der Waals surface area contributed by atoms with E-state index in [4.69, 9.17) is 4.74 Å². The number of nitrogens with zero attached hydrogens (tertiary/aromatic N) is 2. The van der Waals surface area contributed by atoms with Crippen LogP contribution in [0.2, 0.25) is 0 Å². The molecule has 0 aromatic rings. The number of rotatable bonds is 3. The molecule has 26 heavy (non-hydrogen) atoms. The summed E-state index contributed by atoms with van der Waals surface area (Å²) in [5, 5.41) is 3.51. The van der Waals surface area contributed by atoms with Crippen LogP contribution in [0.4, 0.5) is 0 Å². The molecule has 3 fully saturated rings. The van der Waals surface area contributed by atoms with E-state index in [2.05, 4.69) is 42.8 Å². The van der Waals surface area contributed by atoms with Crippen LogP contribution in [-0.4, -0.2) is 73.2 Å². The molecule has 3 saturated heterocycles. The first-order chi connectivity index (χ1) is 11.5. The molecule has 0 aromatic heterocycles. The molecule has 7 heteroatoms. The molecule has 5 atom stereocenters. The van der Waals surface area contributed by atoms with Crippen LogP contribution < -0.4 is 5.32 Å². The Morgan fingerprint density at radius 2 is 1.50 bits per heavy atom. The summed E-state index contributed by atoms with van der Waals surface area (Å²) in [6, 6.07) is -0.00475. The molecule has 0 aromatic carbocycles. The van der Waals surface area contributed by atoms with Gasteiger partial charge in [0.25, 0.3) is 0 Å². The van der Waals surface area contributed by atoms with Gasteiger partial charge in [-0.25, -0.2) is 0 Å². The highest BCUT2D eigenvalue weighted by atomic mass is 35.5. The average molecular weight is 410 g/mol. The predicted octanol–water partition coefficient (Wildman–Crippen LogP) is 2.42. The molecule has 3 aliphatic rings. The monoisotopic (exact) mass is 409 g/mol. The Hall–Kier alpha value is -0.0700. The molecule has 3 aliphatic heterocycles. The number of nitrogens with one attached hydrogen (secondary N) is 1. The topological polar surface area (TPSA) is 44.8 Å². The number of carbonyl (C=O) groups is 1. The molecule has 154 valence electrons. The smallest absolute Gasteiger partial charge is 0.240 e. The lowest BCUT2D eigenvalue weighted by Gasteiger charge is -2.42. The Bertz CT molecular complexity index is 429. The fraction of sp³-hybridized carbons (Fsp3) is 0.947. The van der Waals surface area contributed by atoms with Crippen molar-refractivity contribution in [2.24, 2.45) is 17.8 Å². The summed E-state index contributed by atoms with van der Waals surface area (Å²) in [7, 11) is 0. The first-order valence-corrected chi connectivity index (χ1v) is 9.84. The first kappa shape index (κ1) is 24.0. The number of morpholine rings is 1. The van der Waals surface area contributed by atoms with Gasteiger partial charge in [-0.1, -0.05) is 13.8 Å². The van der Waals surface area contributed by atoms with E-state index >= 15 is 0 Å². The molecule has 0 saturated carbocycles. The van der Waals surface area contributed by atoms with Crippen LogP contribution >= 0.6 is 24.8 Å². The maximum atomic E-state index is 13.4. The second-order valence-corrected chi connectivity index (χ2v) is 8.48. The summed E-state index contributed by atoms with van der Waals surface area (Å²) in [4.78, 5) is 17.9. The van der Waals surface area contributed by atoms with E-state index in [9.17, 15) is 4.79 Å². The molecule has 3 unspecified atom stereocenters. The van der Waals surface area contributed by atoms with Crippen molar-refractivity contribution in [3.05, 3.63) is 0 Å². The average Bonchev–Trinajstić information content (AvgIpc) is 2.84. The minimum Gasteiger partial charge on any atom is -0.373 e. The maximum Gasteiger partial charge on any atom is 0.240 e. The van der Waals surface area contributed by atoms with E-state index in [0.29, 0.717) is 11.8 Å². The van der Waals surface area contributed by atoms with E-state index < -0.39 is 0 Å². The van der Waals surface area contributed by atoms with E-state index in [1.54, 1.807) is 0 Å². The maximum absolute atomic E-state index is 13.4. The number of hydrogen-bond acceptors (Lipinski definition) is 4. The van der Waals surface area contributed by atoms with Crippen molar-refractivity contribution in [3.63, 3.8) is 0 Å². The van der Waals surface area contributed by atoms with E-state index in [1.807, 2.05) is 0 Å². The van der Waals surface area contributed by atoms with Crippen LogP contribution in [0.1, 0.15) is 40.5 Å². The standard InChI is InChI=1S/C19H35N3O2.2ClH/c1-13(2)18(22-11-14(3)24-15(4)12-22)19(23)21-7-5-16-9-20-10-17(16)6-8-21;;/h13-18,20H,5-12H2,1-4H3;2*1H/t14?,15?,16-,17+,18?;;. The summed E-state index contributed by atoms with van der Waals surface area (Å²) in [5.74, 6) is 2.21. The minimum atomic E-state index is -0.00475. The molecule has 0 spiro atoms. The SMILES string of the molecule is CC1CN(C(C(=O)N2CC[C@@H]3CNC[C@@H]3CC2)C(C)C)CC(C)O1.Cl.Cl. The predicted molar refractivity (Wildman–Crippen MR) is 110 cm³/mol. The Kier molecular flexibility index (Phi) is 9.65. The van der Waals surface area contributed by atoms with Crippen molar-refractivity contribution >= 4 is 30.7 Å². The summed E-state index contributed by atoms with van der Waals surface area (Å²) in [6.45, 7) is 14.5. The van der Waals surface area contributed by atoms with Crippen LogP contribution in [0.15, 0.2) is 0 Å². The van der Waals surface area contributed by atoms with Crippen molar-refractivity contribution in [1.29, 1.82) is 0 Å². The van der Waals surface area contributed by atoms with Gasteiger partial charge in [0.15, 0.2) is 0 Å². The lowest BCUT2D eigenvalue weighted by molar-refractivity contribution is -0.145. The molecule has 0 radical (unpaired) electrons. The second kappa shape index (κ2) is 10.5. The normalized spacial score (nSPS) is 33.7. The zero-order valence-electron chi connectivity index (χ0n) is 16.6. The third-order valence-corrected chi connectivity index (χ3v) is 6.06. The highest BCUT2D eigenvalue weighted by molar-refractivity contribution is 5.85. The van der Waals surface area contributed by atoms with Crippen LogP contribution in [0.5, 0.6) is 0 Å². The Balaban J connectivity index is 0.00000169. The Labute approximate surface area is 171 Å². The lowest BCUT2D eigenvalue weighted by atomic mass is 9.92. The first-order valence-electron chi connectivity index (χ1n) is 9.84. The highest BCUT2D eigenvalue weighted by Gasteiger charge is 2.38. The van der Waals surface area contributed by atoms with Gasteiger partial charge in [0.1, 0.15) is 0 Å². The van der Waals surface area contributed by atoms with Crippen molar-refractivity contribution < 1.29 is 9.53 Å². The molecular formula is C19H37Cl2N3O2. The fourth-order valence-corrected chi connectivity index (χ4v) is 4.93. The Morgan fingerprint density at radius 3 is 1.96 bits per heavy atom. The van der Waals surface area contributed by atoms with Crippen molar-refractivity contribution in [2.45, 2.75) is 58.8 Å². The Morgan fingerprint density at radius 1 is 1.00 bits per heavy atom. The van der Waals surface area contributed by atoms with Crippen LogP contribution in [0.3, 0.4) is 0 Å². The largest absolute Gasteiger partial charge is 0.373 e. The quantitative estimate of drug-likeness (QED) is 0.776. The van der Waals surface area contributed by atoms with Gasteiger partial charge in [-0.05, 0) is 57.5 Å². The van der Waals surface area contributed by atoms with Gasteiger partial charge in [-0.3, -0.25) is 9.69 Å². The van der Waals surface area contributed by atoms with Gasteiger partial charge in [-0.15, -0.1) is 24.8 Å². The molecular weight excluding hydrogens is 373 g/mol. The number of likely N-dealkylation sites (tertiary alicyclic amines) is 1. The molecule has 5 nitrogen and oxygen atoms in total. The van der Waals surface area contributed by atoms with Gasteiger partial charge >= 0.3 is 0 Å². The number of hydrogen-bond donors (Lipinski definition) is 1. The van der Waals surface area contributed by atoms with Crippen molar-refractivity contribution in [3.8, 4) is 0 Å². The van der Waals surface area contributed by atoms with Gasteiger partial charge in [0.2, 0.25) is 5.91 Å². The second-order valence-electron chi connectivity index (χ2n) is 8.48. The van der Waals surface area contributed by atoms with E-state index in [1.165, 1.54) is 0 Å². The van der Waals surface area contributed by atoms with Crippen LogP contribution in [0.25, 0.3) is 0 Å².